The van der Waals surface area contributed by atoms with E-state index in [2.05, 4.69) is 25.9 Å². The number of rotatable bonds is 10. The van der Waals surface area contributed by atoms with E-state index < -0.39 is 54.3 Å². The molecule has 2 fully saturated rings. The Hall–Kier alpha value is -3.48. The Bertz CT molecular complexity index is 883. The standard InChI is InChI=1S/C20H29N7O6/c21-16(28)8-14(19(31)27-6-2-4-15(27)20(32)33)26-18(30)13(7-11-9-22-10-24-11)25-17(29)12-3-1-5-23-12/h9-10,12-15,23H,1-8H2,(H2,21,28)(H,22,24)(H,25,29)(H,26,30)(H,32,33). The van der Waals surface area contributed by atoms with Gasteiger partial charge < -0.3 is 36.7 Å². The summed E-state index contributed by atoms with van der Waals surface area (Å²) in [6.45, 7) is 0.897. The number of carboxylic acid groups (broad SMARTS) is 1. The predicted octanol–water partition coefficient (Wildman–Crippen LogP) is -2.38. The van der Waals surface area contributed by atoms with Crippen LogP contribution in [0, 0.1) is 0 Å². The number of H-pyrrole nitrogens is 1. The van der Waals surface area contributed by atoms with Crippen molar-refractivity contribution < 1.29 is 29.1 Å². The molecule has 4 unspecified atom stereocenters. The fourth-order valence-electron chi connectivity index (χ4n) is 4.17. The van der Waals surface area contributed by atoms with Gasteiger partial charge >= 0.3 is 5.97 Å². The maximum Gasteiger partial charge on any atom is 0.326 e. The average molecular weight is 463 g/mol. The Labute approximate surface area is 189 Å². The van der Waals surface area contributed by atoms with Crippen molar-refractivity contribution in [2.45, 2.75) is 62.7 Å². The third-order valence-corrected chi connectivity index (χ3v) is 5.83. The zero-order valence-corrected chi connectivity index (χ0v) is 18.1. The normalized spacial score (nSPS) is 21.9. The number of hydrogen-bond donors (Lipinski definition) is 6. The number of nitrogens with two attached hydrogens (primary N) is 1. The smallest absolute Gasteiger partial charge is 0.326 e. The molecule has 0 aromatic carbocycles. The number of carbonyl (C=O) groups is 5. The van der Waals surface area contributed by atoms with Crippen LogP contribution in [0.1, 0.15) is 37.8 Å². The Balaban J connectivity index is 1.75. The van der Waals surface area contributed by atoms with Crippen molar-refractivity contribution >= 4 is 29.6 Å². The van der Waals surface area contributed by atoms with Crippen LogP contribution in [0.5, 0.6) is 0 Å². The third-order valence-electron chi connectivity index (χ3n) is 5.83. The molecule has 2 aliphatic rings. The highest BCUT2D eigenvalue weighted by Crippen LogP contribution is 2.19. The van der Waals surface area contributed by atoms with Crippen LogP contribution in [0.3, 0.4) is 0 Å². The molecule has 0 radical (unpaired) electrons. The summed E-state index contributed by atoms with van der Waals surface area (Å²) in [4.78, 5) is 69.8. The topological polar surface area (TPSA) is 200 Å². The first-order chi connectivity index (χ1) is 15.8. The quantitative estimate of drug-likeness (QED) is 0.221. The van der Waals surface area contributed by atoms with Crippen molar-refractivity contribution in [3.05, 3.63) is 18.2 Å². The first-order valence-corrected chi connectivity index (χ1v) is 10.9. The molecule has 1 aromatic heterocycles. The molecule has 0 bridgehead atoms. The zero-order valence-electron chi connectivity index (χ0n) is 18.1. The van der Waals surface area contributed by atoms with Crippen molar-refractivity contribution in [2.24, 2.45) is 5.73 Å². The minimum absolute atomic E-state index is 0.0727. The number of hydrogen-bond acceptors (Lipinski definition) is 7. The van der Waals surface area contributed by atoms with Gasteiger partial charge in [-0.3, -0.25) is 19.2 Å². The highest BCUT2D eigenvalue weighted by atomic mass is 16.4. The Kier molecular flexibility index (Phi) is 7.98. The first-order valence-electron chi connectivity index (χ1n) is 10.9. The molecule has 0 saturated carbocycles. The molecule has 4 atom stereocenters. The van der Waals surface area contributed by atoms with E-state index >= 15 is 0 Å². The van der Waals surface area contributed by atoms with Crippen LogP contribution < -0.4 is 21.7 Å². The summed E-state index contributed by atoms with van der Waals surface area (Å²) in [5, 5.41) is 17.6. The minimum atomic E-state index is -1.35. The van der Waals surface area contributed by atoms with Crippen LogP contribution in [0.4, 0.5) is 0 Å². The number of aromatic amines is 1. The lowest BCUT2D eigenvalue weighted by atomic mass is 10.1. The molecule has 3 heterocycles. The molecule has 0 aliphatic carbocycles. The molecular weight excluding hydrogens is 434 g/mol. The number of nitrogens with one attached hydrogen (secondary N) is 4. The van der Waals surface area contributed by atoms with Crippen molar-refractivity contribution in [3.8, 4) is 0 Å². The fourth-order valence-corrected chi connectivity index (χ4v) is 4.17. The minimum Gasteiger partial charge on any atom is -0.480 e. The SMILES string of the molecule is NC(=O)CC(NC(=O)C(Cc1cnc[nH]1)NC(=O)C1CCCN1)C(=O)N1CCCC1C(=O)O. The molecule has 4 amide bonds. The molecule has 1 aromatic rings. The highest BCUT2D eigenvalue weighted by Gasteiger charge is 2.39. The van der Waals surface area contributed by atoms with E-state index in [0.717, 1.165) is 11.3 Å². The molecule has 3 rings (SSSR count). The van der Waals surface area contributed by atoms with E-state index in [9.17, 15) is 29.1 Å². The van der Waals surface area contributed by atoms with Crippen LogP contribution in [0.25, 0.3) is 0 Å². The number of amides is 4. The van der Waals surface area contributed by atoms with Crippen LogP contribution in [0.2, 0.25) is 0 Å². The van der Waals surface area contributed by atoms with E-state index in [1.807, 2.05) is 0 Å². The number of carbonyl (C=O) groups excluding carboxylic acids is 4. The second-order valence-electron chi connectivity index (χ2n) is 8.25. The summed E-state index contributed by atoms with van der Waals surface area (Å²) in [5.41, 5.74) is 5.86. The van der Waals surface area contributed by atoms with Gasteiger partial charge in [0.1, 0.15) is 18.1 Å². The predicted molar refractivity (Wildman–Crippen MR) is 113 cm³/mol. The van der Waals surface area contributed by atoms with Gasteiger partial charge in [0, 0.05) is 24.9 Å². The number of imidazole rings is 1. The van der Waals surface area contributed by atoms with Gasteiger partial charge in [0.15, 0.2) is 0 Å². The van der Waals surface area contributed by atoms with Crippen molar-refractivity contribution in [1.82, 2.24) is 30.8 Å². The highest BCUT2D eigenvalue weighted by molar-refractivity contribution is 5.96. The number of nitrogens with zero attached hydrogens (tertiary/aromatic N) is 2. The van der Waals surface area contributed by atoms with Gasteiger partial charge in [0.25, 0.3) is 0 Å². The van der Waals surface area contributed by atoms with Gasteiger partial charge in [-0.05, 0) is 32.2 Å². The summed E-state index contributed by atoms with van der Waals surface area (Å²) in [5.74, 6) is -3.73. The van der Waals surface area contributed by atoms with Gasteiger partial charge in [-0.1, -0.05) is 0 Å². The maximum atomic E-state index is 13.1. The fraction of sp³-hybridized carbons (Fsp3) is 0.600. The second kappa shape index (κ2) is 10.9. The van der Waals surface area contributed by atoms with Crippen LogP contribution in [-0.4, -0.2) is 86.8 Å². The largest absolute Gasteiger partial charge is 0.480 e. The number of carboxylic acids is 1. The summed E-state index contributed by atoms with van der Waals surface area (Å²) < 4.78 is 0. The molecular formula is C20H29N7O6. The monoisotopic (exact) mass is 463 g/mol. The van der Waals surface area contributed by atoms with Crippen LogP contribution in [-0.2, 0) is 30.4 Å². The molecule has 7 N–H and O–H groups in total. The van der Waals surface area contributed by atoms with E-state index in [4.69, 9.17) is 5.73 Å². The van der Waals surface area contributed by atoms with E-state index in [0.29, 0.717) is 25.1 Å². The third kappa shape index (κ3) is 6.28. The Morgan fingerprint density at radius 1 is 1.18 bits per heavy atom. The van der Waals surface area contributed by atoms with Crippen molar-refractivity contribution in [3.63, 3.8) is 0 Å². The van der Waals surface area contributed by atoms with Gasteiger partial charge in [-0.25, -0.2) is 9.78 Å². The molecule has 2 saturated heterocycles. The van der Waals surface area contributed by atoms with Gasteiger partial charge in [-0.15, -0.1) is 0 Å². The first kappa shape index (κ1) is 24.2. The summed E-state index contributed by atoms with van der Waals surface area (Å²) in [7, 11) is 0. The number of aromatic nitrogens is 2. The Morgan fingerprint density at radius 3 is 2.58 bits per heavy atom. The number of primary amides is 1. The van der Waals surface area contributed by atoms with E-state index in [-0.39, 0.29) is 25.3 Å². The van der Waals surface area contributed by atoms with Gasteiger partial charge in [0.2, 0.25) is 23.6 Å². The summed E-state index contributed by atoms with van der Waals surface area (Å²) in [6, 6.07) is -3.86. The molecule has 13 heteroatoms. The second-order valence-corrected chi connectivity index (χ2v) is 8.25. The van der Waals surface area contributed by atoms with Gasteiger partial charge in [0.05, 0.1) is 18.8 Å². The molecule has 2 aliphatic heterocycles. The number of aliphatic carboxylic acids is 1. The van der Waals surface area contributed by atoms with Crippen LogP contribution in [0.15, 0.2) is 12.5 Å². The maximum absolute atomic E-state index is 13.1. The lowest BCUT2D eigenvalue weighted by Crippen LogP contribution is -2.58. The number of likely N-dealkylation sites (tertiary alicyclic amines) is 1. The summed E-state index contributed by atoms with van der Waals surface area (Å²) in [6.07, 6.45) is 4.77. The lowest BCUT2D eigenvalue weighted by Gasteiger charge is -2.28. The molecule has 180 valence electrons. The lowest BCUT2D eigenvalue weighted by molar-refractivity contribution is -0.149. The van der Waals surface area contributed by atoms with E-state index in [1.165, 1.54) is 12.5 Å². The Morgan fingerprint density at radius 2 is 1.97 bits per heavy atom. The molecule has 0 spiro atoms. The summed E-state index contributed by atoms with van der Waals surface area (Å²) >= 11 is 0. The average Bonchev–Trinajstić information content (AvgIpc) is 3.54. The van der Waals surface area contributed by atoms with Crippen LogP contribution >= 0.6 is 0 Å². The molecule has 33 heavy (non-hydrogen) atoms. The van der Waals surface area contributed by atoms with Crippen molar-refractivity contribution in [1.29, 1.82) is 0 Å². The zero-order chi connectivity index (χ0) is 24.0. The molecule has 13 nitrogen and oxygen atoms in total. The van der Waals surface area contributed by atoms with Crippen molar-refractivity contribution in [2.75, 3.05) is 13.1 Å². The van der Waals surface area contributed by atoms with Gasteiger partial charge in [-0.2, -0.15) is 0 Å². The van der Waals surface area contributed by atoms with E-state index in [1.54, 1.807) is 0 Å².